The first kappa shape index (κ1) is 18.0. The average molecular weight is 352 g/mol. The van der Waals surface area contributed by atoms with Gasteiger partial charge in [-0.2, -0.15) is 0 Å². The number of aliphatic hydroxyl groups excluding tert-OH is 1. The number of halogens is 1. The lowest BCUT2D eigenvalue weighted by molar-refractivity contribution is 0.182. The number of hydrogen-bond acceptors (Lipinski definition) is 4. The van der Waals surface area contributed by atoms with Gasteiger partial charge in [0.25, 0.3) is 0 Å². The number of phenols is 1. The lowest BCUT2D eigenvalue weighted by atomic mass is 10.1. The molecule has 4 nitrogen and oxygen atoms in total. The summed E-state index contributed by atoms with van der Waals surface area (Å²) < 4.78 is 14.4. The summed E-state index contributed by atoms with van der Waals surface area (Å²) in [6, 6.07) is 9.76. The van der Waals surface area contributed by atoms with Gasteiger partial charge in [0, 0.05) is 17.2 Å². The Balaban J connectivity index is 1.76. The molecule has 0 bridgehead atoms. The number of hydrogen-bond donors (Lipinski definition) is 2. The Kier molecular flexibility index (Phi) is 5.58. The highest BCUT2D eigenvalue weighted by molar-refractivity contribution is 5.78. The van der Waals surface area contributed by atoms with Gasteiger partial charge in [-0.15, -0.1) is 0 Å². The molecule has 2 N–H and O–H groups in total. The van der Waals surface area contributed by atoms with Crippen LogP contribution in [-0.2, 0) is 0 Å². The van der Waals surface area contributed by atoms with Crippen molar-refractivity contribution in [1.29, 1.82) is 0 Å². The second-order valence-corrected chi connectivity index (χ2v) is 6.35. The highest BCUT2D eigenvalue weighted by atomic mass is 19.1. The van der Waals surface area contributed by atoms with Crippen molar-refractivity contribution in [2.24, 2.45) is 0 Å². The SMILES string of the molecule is CC(O)CCC/C=C/c1ccc(-c2cnc3cc(O)ccc3n2)cc1F. The minimum Gasteiger partial charge on any atom is -0.508 e. The number of aliphatic hydroxyl groups is 1. The van der Waals surface area contributed by atoms with Crippen LogP contribution >= 0.6 is 0 Å². The van der Waals surface area contributed by atoms with E-state index in [0.717, 1.165) is 19.3 Å². The van der Waals surface area contributed by atoms with E-state index in [0.29, 0.717) is 27.9 Å². The summed E-state index contributed by atoms with van der Waals surface area (Å²) in [5.41, 5.74) is 2.98. The second-order valence-electron chi connectivity index (χ2n) is 6.35. The van der Waals surface area contributed by atoms with Crippen molar-refractivity contribution in [3.63, 3.8) is 0 Å². The molecule has 0 radical (unpaired) electrons. The molecule has 0 aliphatic rings. The van der Waals surface area contributed by atoms with Gasteiger partial charge < -0.3 is 10.2 Å². The smallest absolute Gasteiger partial charge is 0.131 e. The van der Waals surface area contributed by atoms with Gasteiger partial charge in [-0.25, -0.2) is 9.37 Å². The van der Waals surface area contributed by atoms with Gasteiger partial charge >= 0.3 is 0 Å². The maximum atomic E-state index is 14.4. The molecule has 134 valence electrons. The van der Waals surface area contributed by atoms with Crippen LogP contribution < -0.4 is 0 Å². The van der Waals surface area contributed by atoms with E-state index in [2.05, 4.69) is 9.97 Å². The molecule has 0 aliphatic carbocycles. The molecular formula is C21H21FN2O2. The Labute approximate surface area is 151 Å². The molecule has 0 aliphatic heterocycles. The molecular weight excluding hydrogens is 331 g/mol. The first-order valence-corrected chi connectivity index (χ1v) is 8.63. The maximum absolute atomic E-state index is 14.4. The molecule has 0 fully saturated rings. The molecule has 26 heavy (non-hydrogen) atoms. The summed E-state index contributed by atoms with van der Waals surface area (Å²) in [5.74, 6) is -0.183. The van der Waals surface area contributed by atoms with Crippen molar-refractivity contribution < 1.29 is 14.6 Å². The van der Waals surface area contributed by atoms with Crippen LogP contribution in [0.25, 0.3) is 28.4 Å². The highest BCUT2D eigenvalue weighted by Crippen LogP contribution is 2.24. The molecule has 0 saturated carbocycles. The van der Waals surface area contributed by atoms with Crippen molar-refractivity contribution in [2.45, 2.75) is 32.3 Å². The minimum absolute atomic E-state index is 0.134. The summed E-state index contributed by atoms with van der Waals surface area (Å²) in [7, 11) is 0. The van der Waals surface area contributed by atoms with Crippen LogP contribution in [0.1, 0.15) is 31.7 Å². The molecule has 1 unspecified atom stereocenters. The van der Waals surface area contributed by atoms with E-state index < -0.39 is 0 Å². The second kappa shape index (κ2) is 8.06. The third kappa shape index (κ3) is 4.43. The largest absolute Gasteiger partial charge is 0.508 e. The van der Waals surface area contributed by atoms with Crippen LogP contribution in [0.3, 0.4) is 0 Å². The van der Waals surface area contributed by atoms with Crippen LogP contribution in [0.2, 0.25) is 0 Å². The van der Waals surface area contributed by atoms with Crippen LogP contribution in [0.15, 0.2) is 48.7 Å². The lowest BCUT2D eigenvalue weighted by Crippen LogP contribution is -1.97. The molecule has 1 atom stereocenters. The first-order chi connectivity index (χ1) is 12.5. The third-order valence-corrected chi connectivity index (χ3v) is 4.11. The van der Waals surface area contributed by atoms with Gasteiger partial charge in [0.05, 0.1) is 29.0 Å². The molecule has 5 heteroatoms. The lowest BCUT2D eigenvalue weighted by Gasteiger charge is -2.05. The molecule has 1 heterocycles. The molecule has 0 amide bonds. The van der Waals surface area contributed by atoms with Crippen LogP contribution in [0, 0.1) is 5.82 Å². The van der Waals surface area contributed by atoms with Crippen LogP contribution in [-0.4, -0.2) is 26.3 Å². The fraction of sp³-hybridized carbons (Fsp3) is 0.238. The van der Waals surface area contributed by atoms with Crippen LogP contribution in [0.5, 0.6) is 5.75 Å². The summed E-state index contributed by atoms with van der Waals surface area (Å²) in [6.45, 7) is 1.76. The van der Waals surface area contributed by atoms with Crippen molar-refractivity contribution in [3.05, 3.63) is 60.1 Å². The fourth-order valence-electron chi connectivity index (χ4n) is 2.70. The van der Waals surface area contributed by atoms with E-state index in [1.165, 1.54) is 12.1 Å². The summed E-state index contributed by atoms with van der Waals surface area (Å²) >= 11 is 0. The Morgan fingerprint density at radius 3 is 2.77 bits per heavy atom. The van der Waals surface area contributed by atoms with Crippen molar-refractivity contribution in [2.75, 3.05) is 0 Å². The zero-order valence-electron chi connectivity index (χ0n) is 14.6. The van der Waals surface area contributed by atoms with E-state index >= 15 is 0 Å². The van der Waals surface area contributed by atoms with Crippen molar-refractivity contribution >= 4 is 17.1 Å². The zero-order chi connectivity index (χ0) is 18.5. The third-order valence-electron chi connectivity index (χ3n) is 4.11. The van der Waals surface area contributed by atoms with E-state index in [9.17, 15) is 14.6 Å². The summed E-state index contributed by atoms with van der Waals surface area (Å²) in [4.78, 5) is 8.75. The number of nitrogens with zero attached hydrogens (tertiary/aromatic N) is 2. The predicted octanol–water partition coefficient (Wildman–Crippen LogP) is 4.71. The van der Waals surface area contributed by atoms with E-state index in [1.807, 2.05) is 12.1 Å². The topological polar surface area (TPSA) is 66.2 Å². The van der Waals surface area contributed by atoms with E-state index in [4.69, 9.17) is 0 Å². The van der Waals surface area contributed by atoms with Gasteiger partial charge in [0.15, 0.2) is 0 Å². The fourth-order valence-corrected chi connectivity index (χ4v) is 2.70. The standard InChI is InChI=1S/C21H21FN2O2/c1-14(25)5-3-2-4-6-15-7-8-16(11-18(15)22)21-13-23-20-12-17(26)9-10-19(20)24-21/h4,6-14,25-26H,2-3,5H2,1H3/b6-4+. The molecule has 3 rings (SSSR count). The Hall–Kier alpha value is -2.79. The molecule has 0 saturated heterocycles. The maximum Gasteiger partial charge on any atom is 0.131 e. The predicted molar refractivity (Wildman–Crippen MR) is 101 cm³/mol. The molecule has 2 aromatic carbocycles. The number of benzene rings is 2. The molecule has 3 aromatic rings. The van der Waals surface area contributed by atoms with Gasteiger partial charge in [0.1, 0.15) is 11.6 Å². The number of aromatic hydroxyl groups is 1. The first-order valence-electron chi connectivity index (χ1n) is 8.63. The molecule has 0 spiro atoms. The summed E-state index contributed by atoms with van der Waals surface area (Å²) in [5, 5.41) is 18.7. The summed E-state index contributed by atoms with van der Waals surface area (Å²) in [6.07, 6.45) is 7.36. The monoisotopic (exact) mass is 352 g/mol. The number of aromatic nitrogens is 2. The minimum atomic E-state index is -0.318. The highest BCUT2D eigenvalue weighted by Gasteiger charge is 2.07. The number of rotatable bonds is 6. The Morgan fingerprint density at radius 2 is 2.00 bits per heavy atom. The number of phenolic OH excluding ortho intramolecular Hbond substituents is 1. The Bertz CT molecular complexity index is 938. The van der Waals surface area contributed by atoms with Gasteiger partial charge in [0.2, 0.25) is 0 Å². The number of allylic oxidation sites excluding steroid dienone is 1. The van der Waals surface area contributed by atoms with Gasteiger partial charge in [-0.05, 0) is 44.4 Å². The quantitative estimate of drug-likeness (QED) is 0.631. The van der Waals surface area contributed by atoms with Gasteiger partial charge in [-0.3, -0.25) is 4.98 Å². The van der Waals surface area contributed by atoms with Gasteiger partial charge in [-0.1, -0.05) is 24.3 Å². The number of unbranched alkanes of at least 4 members (excludes halogenated alkanes) is 1. The number of fused-ring (bicyclic) bond motifs is 1. The zero-order valence-corrected chi connectivity index (χ0v) is 14.6. The Morgan fingerprint density at radius 1 is 1.15 bits per heavy atom. The average Bonchev–Trinajstić information content (AvgIpc) is 2.62. The normalized spacial score (nSPS) is 12.7. The van der Waals surface area contributed by atoms with E-state index in [1.54, 1.807) is 37.4 Å². The van der Waals surface area contributed by atoms with Crippen molar-refractivity contribution in [3.8, 4) is 17.0 Å². The van der Waals surface area contributed by atoms with Crippen molar-refractivity contribution in [1.82, 2.24) is 9.97 Å². The molecule has 1 aromatic heterocycles. The van der Waals surface area contributed by atoms with Crippen LogP contribution in [0.4, 0.5) is 4.39 Å². The van der Waals surface area contributed by atoms with E-state index in [-0.39, 0.29) is 17.7 Å².